The summed E-state index contributed by atoms with van der Waals surface area (Å²) in [6.45, 7) is 6.96. The fraction of sp³-hybridized carbons (Fsp3) is 0.846. The van der Waals surface area contributed by atoms with E-state index in [1.54, 1.807) is 0 Å². The van der Waals surface area contributed by atoms with Gasteiger partial charge in [-0.05, 0) is 24.2 Å². The molecule has 0 heterocycles. The summed E-state index contributed by atoms with van der Waals surface area (Å²) < 4.78 is 0. The topological polar surface area (TPSA) is 0 Å². The molecule has 0 aromatic heterocycles. The van der Waals surface area contributed by atoms with E-state index in [-0.39, 0.29) is 0 Å². The molecule has 0 saturated heterocycles. The third-order valence-electron chi connectivity index (χ3n) is 3.26. The van der Waals surface area contributed by atoms with Crippen molar-refractivity contribution in [3.63, 3.8) is 0 Å². The minimum Gasteiger partial charge on any atom is -0.0854 e. The number of rotatable bonds is 5. The Bertz CT molecular complexity index is 151. The first kappa shape index (κ1) is 10.8. The molecule has 2 atom stereocenters. The maximum atomic E-state index is 2.47. The fourth-order valence-electron chi connectivity index (χ4n) is 2.58. The van der Waals surface area contributed by atoms with Crippen LogP contribution in [0.5, 0.6) is 0 Å². The van der Waals surface area contributed by atoms with Crippen molar-refractivity contribution in [1.82, 2.24) is 0 Å². The maximum absolute atomic E-state index is 2.47. The lowest BCUT2D eigenvalue weighted by molar-refractivity contribution is 0.321. The summed E-state index contributed by atoms with van der Waals surface area (Å²) in [4.78, 5) is 0. The molecule has 0 aliphatic heterocycles. The Morgan fingerprint density at radius 2 is 1.77 bits per heavy atom. The van der Waals surface area contributed by atoms with Crippen LogP contribution >= 0.6 is 0 Å². The molecule has 1 aliphatic carbocycles. The van der Waals surface area contributed by atoms with Gasteiger partial charge in [-0.3, -0.25) is 0 Å². The van der Waals surface area contributed by atoms with E-state index in [4.69, 9.17) is 0 Å². The lowest BCUT2D eigenvalue weighted by Gasteiger charge is -2.21. The molecule has 0 saturated carbocycles. The average Bonchev–Trinajstić information content (AvgIpc) is 2.51. The summed E-state index contributed by atoms with van der Waals surface area (Å²) in [5.74, 6) is 2.70. The van der Waals surface area contributed by atoms with E-state index in [0.717, 1.165) is 17.8 Å². The summed E-state index contributed by atoms with van der Waals surface area (Å²) in [6, 6.07) is 0. The van der Waals surface area contributed by atoms with Crippen LogP contribution in [0.25, 0.3) is 0 Å². The summed E-state index contributed by atoms with van der Waals surface area (Å²) in [5, 5.41) is 0. The Labute approximate surface area is 83.4 Å². The van der Waals surface area contributed by atoms with E-state index < -0.39 is 0 Å². The van der Waals surface area contributed by atoms with Crippen LogP contribution in [0.15, 0.2) is 12.2 Å². The first-order valence-electron chi connectivity index (χ1n) is 5.96. The molecule has 0 fully saturated rings. The molecule has 0 aromatic rings. The predicted octanol–water partition coefficient (Wildman–Crippen LogP) is 4.42. The van der Waals surface area contributed by atoms with Crippen molar-refractivity contribution >= 4 is 0 Å². The van der Waals surface area contributed by atoms with Gasteiger partial charge >= 0.3 is 0 Å². The largest absolute Gasteiger partial charge is 0.0854 e. The Hall–Kier alpha value is -0.260. The van der Waals surface area contributed by atoms with Crippen LogP contribution in [0.1, 0.15) is 52.9 Å². The quantitative estimate of drug-likeness (QED) is 0.550. The molecule has 0 N–H and O–H groups in total. The summed E-state index contributed by atoms with van der Waals surface area (Å²) in [7, 11) is 0. The zero-order valence-corrected chi connectivity index (χ0v) is 9.42. The van der Waals surface area contributed by atoms with Gasteiger partial charge in [0.15, 0.2) is 0 Å². The minimum absolute atomic E-state index is 0.834. The third kappa shape index (κ3) is 3.17. The lowest BCUT2D eigenvalue weighted by atomic mass is 9.84. The predicted molar refractivity (Wildman–Crippen MR) is 59.7 cm³/mol. The van der Waals surface area contributed by atoms with Crippen molar-refractivity contribution in [3.05, 3.63) is 12.2 Å². The van der Waals surface area contributed by atoms with Crippen molar-refractivity contribution in [3.8, 4) is 0 Å². The standard InChI is InChI=1S/C13H24/c1-4-6-12(7-5-2)13-9-8-11(3)10-13/h8-9,11-13H,4-7,10H2,1-3H3. The lowest BCUT2D eigenvalue weighted by Crippen LogP contribution is -2.11. The Kier molecular flexibility index (Phi) is 4.55. The van der Waals surface area contributed by atoms with Gasteiger partial charge in [0.1, 0.15) is 0 Å². The van der Waals surface area contributed by atoms with Crippen LogP contribution in [0, 0.1) is 17.8 Å². The molecular weight excluding hydrogens is 156 g/mol. The Morgan fingerprint density at radius 1 is 1.15 bits per heavy atom. The molecule has 0 nitrogen and oxygen atoms in total. The molecule has 1 rings (SSSR count). The van der Waals surface area contributed by atoms with Crippen molar-refractivity contribution < 1.29 is 0 Å². The molecule has 13 heavy (non-hydrogen) atoms. The molecule has 0 aromatic carbocycles. The fourth-order valence-corrected chi connectivity index (χ4v) is 2.58. The second kappa shape index (κ2) is 5.47. The van der Waals surface area contributed by atoms with Crippen LogP contribution in [0.3, 0.4) is 0 Å². The van der Waals surface area contributed by atoms with E-state index in [9.17, 15) is 0 Å². The zero-order chi connectivity index (χ0) is 9.68. The third-order valence-corrected chi connectivity index (χ3v) is 3.26. The van der Waals surface area contributed by atoms with Crippen LogP contribution in [0.2, 0.25) is 0 Å². The van der Waals surface area contributed by atoms with Gasteiger partial charge in [-0.2, -0.15) is 0 Å². The Morgan fingerprint density at radius 3 is 2.15 bits per heavy atom. The highest BCUT2D eigenvalue weighted by Gasteiger charge is 2.22. The Balaban J connectivity index is 2.40. The van der Waals surface area contributed by atoms with Crippen molar-refractivity contribution in [2.75, 3.05) is 0 Å². The maximum Gasteiger partial charge on any atom is -0.0200 e. The molecule has 0 bridgehead atoms. The van der Waals surface area contributed by atoms with Crippen LogP contribution in [-0.4, -0.2) is 0 Å². The molecule has 0 spiro atoms. The van der Waals surface area contributed by atoms with E-state index in [0.29, 0.717) is 0 Å². The van der Waals surface area contributed by atoms with E-state index in [1.165, 1.54) is 32.1 Å². The van der Waals surface area contributed by atoms with Gasteiger partial charge in [-0.1, -0.05) is 58.6 Å². The van der Waals surface area contributed by atoms with E-state index in [1.807, 2.05) is 0 Å². The summed E-state index contributed by atoms with van der Waals surface area (Å²) >= 11 is 0. The van der Waals surface area contributed by atoms with E-state index >= 15 is 0 Å². The van der Waals surface area contributed by atoms with Gasteiger partial charge in [0.2, 0.25) is 0 Å². The van der Waals surface area contributed by atoms with Crippen molar-refractivity contribution in [2.45, 2.75) is 52.9 Å². The van der Waals surface area contributed by atoms with Gasteiger partial charge in [0, 0.05) is 0 Å². The summed E-state index contributed by atoms with van der Waals surface area (Å²) in [5.41, 5.74) is 0. The highest BCUT2D eigenvalue weighted by atomic mass is 14.3. The monoisotopic (exact) mass is 180 g/mol. The van der Waals surface area contributed by atoms with Gasteiger partial charge in [0.25, 0.3) is 0 Å². The highest BCUT2D eigenvalue weighted by molar-refractivity contribution is 5.02. The van der Waals surface area contributed by atoms with E-state index in [2.05, 4.69) is 32.9 Å². The minimum atomic E-state index is 0.834. The van der Waals surface area contributed by atoms with Crippen molar-refractivity contribution in [1.29, 1.82) is 0 Å². The average molecular weight is 180 g/mol. The first-order chi connectivity index (χ1) is 6.27. The van der Waals surface area contributed by atoms with Crippen LogP contribution in [0.4, 0.5) is 0 Å². The molecule has 0 amide bonds. The molecular formula is C13H24. The smallest absolute Gasteiger partial charge is 0.0200 e. The van der Waals surface area contributed by atoms with Gasteiger partial charge in [-0.15, -0.1) is 0 Å². The molecule has 0 radical (unpaired) electrons. The van der Waals surface area contributed by atoms with Gasteiger partial charge in [0.05, 0.1) is 0 Å². The second-order valence-electron chi connectivity index (χ2n) is 4.60. The number of hydrogen-bond donors (Lipinski definition) is 0. The zero-order valence-electron chi connectivity index (χ0n) is 9.42. The number of allylic oxidation sites excluding steroid dienone is 2. The molecule has 2 unspecified atom stereocenters. The molecule has 1 aliphatic rings. The van der Waals surface area contributed by atoms with Crippen molar-refractivity contribution in [2.24, 2.45) is 17.8 Å². The first-order valence-corrected chi connectivity index (χ1v) is 5.96. The second-order valence-corrected chi connectivity index (χ2v) is 4.60. The highest BCUT2D eigenvalue weighted by Crippen LogP contribution is 2.34. The summed E-state index contributed by atoms with van der Waals surface area (Å²) in [6.07, 6.45) is 11.8. The number of hydrogen-bond acceptors (Lipinski definition) is 0. The molecule has 0 heteroatoms. The molecule has 76 valence electrons. The normalized spacial score (nSPS) is 27.4. The van der Waals surface area contributed by atoms with Crippen LogP contribution in [-0.2, 0) is 0 Å². The SMILES string of the molecule is CCCC(CCC)C1C=CC(C)C1. The van der Waals surface area contributed by atoms with Gasteiger partial charge < -0.3 is 0 Å². The van der Waals surface area contributed by atoms with Crippen LogP contribution < -0.4 is 0 Å². The van der Waals surface area contributed by atoms with Gasteiger partial charge in [-0.25, -0.2) is 0 Å².